The Bertz CT molecular complexity index is 411. The van der Waals surface area contributed by atoms with Crippen molar-refractivity contribution < 1.29 is 4.79 Å². The van der Waals surface area contributed by atoms with Gasteiger partial charge in [-0.25, -0.2) is 0 Å². The van der Waals surface area contributed by atoms with Crippen molar-refractivity contribution in [3.63, 3.8) is 0 Å². The maximum atomic E-state index is 12.5. The van der Waals surface area contributed by atoms with Gasteiger partial charge in [-0.3, -0.25) is 4.79 Å². The molecule has 2 aliphatic rings. The smallest absolute Gasteiger partial charge is 0.137 e. The van der Waals surface area contributed by atoms with Crippen molar-refractivity contribution in [2.24, 2.45) is 17.8 Å². The first kappa shape index (κ1) is 18.9. The summed E-state index contributed by atoms with van der Waals surface area (Å²) in [5.41, 5.74) is 0. The normalized spacial score (nSPS) is 38.1. The van der Waals surface area contributed by atoms with Crippen LogP contribution in [0.2, 0.25) is 0 Å². The van der Waals surface area contributed by atoms with Crippen molar-refractivity contribution >= 4 is 40.6 Å². The zero-order valence-corrected chi connectivity index (χ0v) is 16.5. The SMILES string of the molecule is CC(C)(Cl)C1CCC(Cl)([C@H]2C[C@@H](C(C)(C)Cl)CCC2=O)CC1. The van der Waals surface area contributed by atoms with Gasteiger partial charge in [-0.05, 0) is 78.1 Å². The van der Waals surface area contributed by atoms with Crippen molar-refractivity contribution in [1.82, 2.24) is 0 Å². The van der Waals surface area contributed by atoms with Crippen molar-refractivity contribution in [3.8, 4) is 0 Å². The van der Waals surface area contributed by atoms with E-state index in [1.54, 1.807) is 0 Å². The van der Waals surface area contributed by atoms with Crippen LogP contribution in [0.3, 0.4) is 0 Å². The molecule has 0 radical (unpaired) electrons. The summed E-state index contributed by atoms with van der Waals surface area (Å²) in [6, 6.07) is 0. The summed E-state index contributed by atoms with van der Waals surface area (Å²) in [4.78, 5) is 11.7. The maximum Gasteiger partial charge on any atom is 0.137 e. The third-order valence-corrected chi connectivity index (χ3v) is 7.29. The van der Waals surface area contributed by atoms with Gasteiger partial charge in [0.1, 0.15) is 5.78 Å². The molecule has 0 aromatic rings. The Balaban J connectivity index is 2.08. The van der Waals surface area contributed by atoms with Crippen LogP contribution in [-0.4, -0.2) is 20.4 Å². The first-order valence-corrected chi connectivity index (χ1v) is 9.66. The first-order chi connectivity index (χ1) is 9.93. The average molecular weight is 368 g/mol. The van der Waals surface area contributed by atoms with E-state index >= 15 is 0 Å². The fourth-order valence-corrected chi connectivity index (χ4v) is 5.13. The van der Waals surface area contributed by atoms with Crippen LogP contribution in [0.15, 0.2) is 0 Å². The van der Waals surface area contributed by atoms with Crippen LogP contribution in [0.1, 0.15) is 72.6 Å². The minimum Gasteiger partial charge on any atom is -0.299 e. The molecule has 0 unspecified atom stereocenters. The third kappa shape index (κ3) is 4.14. The Hall–Kier alpha value is 0.540. The zero-order chi connectivity index (χ0) is 16.8. The lowest BCUT2D eigenvalue weighted by molar-refractivity contribution is -0.127. The van der Waals surface area contributed by atoms with Gasteiger partial charge in [-0.2, -0.15) is 0 Å². The molecule has 128 valence electrons. The summed E-state index contributed by atoms with van der Waals surface area (Å²) < 4.78 is 0. The standard InChI is InChI=1S/C18H29Cl3O/c1-16(2,19)12-7-9-18(21,10-8-12)14-11-13(17(3,4)20)5-6-15(14)22/h12-14H,5-11H2,1-4H3/t12?,13-,14-,18?/m0/s1. The summed E-state index contributed by atoms with van der Waals surface area (Å²) in [7, 11) is 0. The van der Waals surface area contributed by atoms with Gasteiger partial charge in [-0.15, -0.1) is 34.8 Å². The van der Waals surface area contributed by atoms with Gasteiger partial charge in [0.25, 0.3) is 0 Å². The van der Waals surface area contributed by atoms with Crippen LogP contribution in [-0.2, 0) is 4.79 Å². The molecule has 22 heavy (non-hydrogen) atoms. The van der Waals surface area contributed by atoms with Crippen molar-refractivity contribution in [1.29, 1.82) is 0 Å². The number of halogens is 3. The van der Waals surface area contributed by atoms with Crippen LogP contribution >= 0.6 is 34.8 Å². The van der Waals surface area contributed by atoms with Crippen LogP contribution in [0, 0.1) is 17.8 Å². The number of hydrogen-bond acceptors (Lipinski definition) is 1. The molecule has 4 heteroatoms. The number of carbonyl (C=O) groups excluding carboxylic acids is 1. The lowest BCUT2D eigenvalue weighted by atomic mass is 9.64. The summed E-state index contributed by atoms with van der Waals surface area (Å²) in [6.07, 6.45) is 6.17. The third-order valence-electron chi connectivity index (χ3n) is 6.03. The van der Waals surface area contributed by atoms with E-state index in [0.29, 0.717) is 24.0 Å². The Morgan fingerprint density at radius 1 is 0.955 bits per heavy atom. The van der Waals surface area contributed by atoms with Gasteiger partial charge in [0.05, 0.1) is 4.87 Å². The lowest BCUT2D eigenvalue weighted by Gasteiger charge is -2.46. The number of hydrogen-bond donors (Lipinski definition) is 0. The number of ketones is 1. The molecule has 0 aromatic carbocycles. The molecule has 2 saturated carbocycles. The number of carbonyl (C=O) groups is 1. The predicted octanol–water partition coefficient (Wildman–Crippen LogP) is 6.17. The van der Waals surface area contributed by atoms with E-state index in [4.69, 9.17) is 34.8 Å². The highest BCUT2D eigenvalue weighted by Gasteiger charge is 2.49. The second-order valence-electron chi connectivity index (χ2n) is 8.43. The second-order valence-corrected chi connectivity index (χ2v) is 11.1. The number of Topliss-reactive ketones (excluding diaryl/α,β-unsaturated/α-hetero) is 1. The second kappa shape index (κ2) is 6.45. The lowest BCUT2D eigenvalue weighted by Crippen LogP contribution is -2.47. The number of rotatable bonds is 3. The topological polar surface area (TPSA) is 17.1 Å². The molecule has 0 aliphatic heterocycles. The van der Waals surface area contributed by atoms with E-state index in [9.17, 15) is 4.79 Å². The van der Waals surface area contributed by atoms with E-state index in [-0.39, 0.29) is 20.5 Å². The van der Waals surface area contributed by atoms with E-state index in [1.165, 1.54) is 0 Å². The maximum absolute atomic E-state index is 12.5. The summed E-state index contributed by atoms with van der Waals surface area (Å²) in [5.74, 6) is 1.16. The molecule has 0 bridgehead atoms. The summed E-state index contributed by atoms with van der Waals surface area (Å²) in [5, 5.41) is 0. The minimum absolute atomic E-state index is 0.0367. The predicted molar refractivity (Wildman–Crippen MR) is 96.2 cm³/mol. The molecule has 2 aliphatic carbocycles. The molecule has 2 rings (SSSR count). The largest absolute Gasteiger partial charge is 0.299 e. The number of alkyl halides is 3. The van der Waals surface area contributed by atoms with Crippen molar-refractivity contribution in [3.05, 3.63) is 0 Å². The zero-order valence-electron chi connectivity index (χ0n) is 14.2. The van der Waals surface area contributed by atoms with Crippen molar-refractivity contribution in [2.45, 2.75) is 87.3 Å². The van der Waals surface area contributed by atoms with Crippen LogP contribution < -0.4 is 0 Å². The van der Waals surface area contributed by atoms with E-state index in [2.05, 4.69) is 27.7 Å². The fourth-order valence-electron chi connectivity index (χ4n) is 4.28. The first-order valence-electron chi connectivity index (χ1n) is 8.53. The molecule has 2 fully saturated rings. The van der Waals surface area contributed by atoms with Crippen LogP contribution in [0.4, 0.5) is 0 Å². The monoisotopic (exact) mass is 366 g/mol. The van der Waals surface area contributed by atoms with Gasteiger partial charge in [0.15, 0.2) is 0 Å². The molecule has 0 aromatic heterocycles. The molecule has 2 atom stereocenters. The highest BCUT2D eigenvalue weighted by atomic mass is 35.5. The van der Waals surface area contributed by atoms with Crippen molar-refractivity contribution in [2.75, 3.05) is 0 Å². The summed E-state index contributed by atoms with van der Waals surface area (Å²) in [6.45, 7) is 8.27. The van der Waals surface area contributed by atoms with E-state index in [0.717, 1.165) is 38.5 Å². The molecule has 0 saturated heterocycles. The Labute approximate surface area is 150 Å². The van der Waals surface area contributed by atoms with E-state index < -0.39 is 0 Å². The Morgan fingerprint density at radius 2 is 1.45 bits per heavy atom. The quantitative estimate of drug-likeness (QED) is 0.545. The average Bonchev–Trinajstić information content (AvgIpc) is 2.37. The fraction of sp³-hybridized carbons (Fsp3) is 0.944. The Morgan fingerprint density at radius 3 is 1.91 bits per heavy atom. The molecule has 0 N–H and O–H groups in total. The Kier molecular flexibility index (Phi) is 5.53. The van der Waals surface area contributed by atoms with Gasteiger partial charge in [0, 0.05) is 22.1 Å². The molecule has 0 spiro atoms. The van der Waals surface area contributed by atoms with Crippen LogP contribution in [0.5, 0.6) is 0 Å². The highest BCUT2D eigenvalue weighted by Crippen LogP contribution is 2.51. The van der Waals surface area contributed by atoms with Gasteiger partial charge in [-0.1, -0.05) is 0 Å². The highest BCUT2D eigenvalue weighted by molar-refractivity contribution is 6.26. The minimum atomic E-state index is -0.378. The van der Waals surface area contributed by atoms with Gasteiger partial charge < -0.3 is 0 Å². The van der Waals surface area contributed by atoms with Gasteiger partial charge >= 0.3 is 0 Å². The molecular weight excluding hydrogens is 339 g/mol. The van der Waals surface area contributed by atoms with E-state index in [1.807, 2.05) is 0 Å². The van der Waals surface area contributed by atoms with Crippen LogP contribution in [0.25, 0.3) is 0 Å². The molecule has 0 amide bonds. The molecular formula is C18H29Cl3O. The molecule has 1 nitrogen and oxygen atoms in total. The molecule has 0 heterocycles. The summed E-state index contributed by atoms with van der Waals surface area (Å²) >= 11 is 20.0. The van der Waals surface area contributed by atoms with Gasteiger partial charge in [0.2, 0.25) is 0 Å².